The van der Waals surface area contributed by atoms with E-state index in [1.807, 2.05) is 0 Å². The summed E-state index contributed by atoms with van der Waals surface area (Å²) in [5.74, 6) is 1.53. The number of thiazole rings is 1. The van der Waals surface area contributed by atoms with E-state index in [-0.39, 0.29) is 5.54 Å². The number of aromatic nitrogens is 1. The lowest BCUT2D eigenvalue weighted by atomic mass is 9.88. The molecule has 1 aliphatic carbocycles. The van der Waals surface area contributed by atoms with E-state index in [0.29, 0.717) is 5.92 Å². The van der Waals surface area contributed by atoms with Crippen molar-refractivity contribution in [3.63, 3.8) is 0 Å². The fraction of sp³-hybridized carbons (Fsp3) is 0.750. The average molecular weight is 238 g/mol. The van der Waals surface area contributed by atoms with Gasteiger partial charge < -0.3 is 10.5 Å². The predicted molar refractivity (Wildman–Crippen MR) is 64.6 cm³/mol. The van der Waals surface area contributed by atoms with Crippen LogP contribution in [-0.2, 0) is 10.3 Å². The number of hydrogen-bond acceptors (Lipinski definition) is 4. The Balaban J connectivity index is 1.80. The summed E-state index contributed by atoms with van der Waals surface area (Å²) in [6, 6.07) is 0. The van der Waals surface area contributed by atoms with Crippen LogP contribution < -0.4 is 5.73 Å². The third-order valence-electron chi connectivity index (χ3n) is 3.84. The zero-order chi connectivity index (χ0) is 11.2. The maximum absolute atomic E-state index is 6.41. The quantitative estimate of drug-likeness (QED) is 0.859. The summed E-state index contributed by atoms with van der Waals surface area (Å²) in [4.78, 5) is 4.76. The molecule has 0 spiro atoms. The fourth-order valence-corrected chi connectivity index (χ4v) is 3.52. The molecular formula is C12H18N2OS. The summed E-state index contributed by atoms with van der Waals surface area (Å²) < 4.78 is 5.37. The molecule has 2 atom stereocenters. The number of hydrogen-bond donors (Lipinski definition) is 1. The average Bonchev–Trinajstić information content (AvgIpc) is 2.82. The summed E-state index contributed by atoms with van der Waals surface area (Å²) in [7, 11) is 0. The van der Waals surface area contributed by atoms with E-state index in [1.165, 1.54) is 11.4 Å². The standard InChI is InChI=1S/C12H18N2OS/c1-8-6-9(8)11-14-10(7-16-11)12(13)2-4-15-5-3-12/h7-9H,2-6,13H2,1H3. The van der Waals surface area contributed by atoms with Crippen molar-refractivity contribution in [2.24, 2.45) is 11.7 Å². The van der Waals surface area contributed by atoms with Crippen LogP contribution in [0.2, 0.25) is 0 Å². The third-order valence-corrected chi connectivity index (χ3v) is 4.82. The molecule has 1 saturated carbocycles. The van der Waals surface area contributed by atoms with E-state index in [0.717, 1.165) is 37.7 Å². The van der Waals surface area contributed by atoms with Crippen molar-refractivity contribution in [2.45, 2.75) is 37.6 Å². The minimum atomic E-state index is -0.231. The van der Waals surface area contributed by atoms with Gasteiger partial charge in [0.2, 0.25) is 0 Å². The highest BCUT2D eigenvalue weighted by molar-refractivity contribution is 7.09. The molecule has 2 heterocycles. The highest BCUT2D eigenvalue weighted by atomic mass is 32.1. The Morgan fingerprint density at radius 2 is 2.19 bits per heavy atom. The molecule has 2 N–H and O–H groups in total. The number of nitrogens with two attached hydrogens (primary N) is 1. The fourth-order valence-electron chi connectivity index (χ4n) is 2.34. The van der Waals surface area contributed by atoms with Crippen LogP contribution in [0.25, 0.3) is 0 Å². The van der Waals surface area contributed by atoms with Gasteiger partial charge in [-0.3, -0.25) is 0 Å². The molecule has 0 radical (unpaired) electrons. The van der Waals surface area contributed by atoms with Gasteiger partial charge >= 0.3 is 0 Å². The van der Waals surface area contributed by atoms with E-state index in [9.17, 15) is 0 Å². The molecule has 0 aromatic carbocycles. The van der Waals surface area contributed by atoms with Crippen LogP contribution in [-0.4, -0.2) is 18.2 Å². The first kappa shape index (κ1) is 10.7. The lowest BCUT2D eigenvalue weighted by Crippen LogP contribution is -2.42. The van der Waals surface area contributed by atoms with Crippen LogP contribution in [0.3, 0.4) is 0 Å². The molecule has 0 bridgehead atoms. The molecule has 1 aliphatic heterocycles. The first-order valence-corrected chi connectivity index (χ1v) is 6.89. The molecule has 2 fully saturated rings. The van der Waals surface area contributed by atoms with Crippen LogP contribution in [0.15, 0.2) is 5.38 Å². The molecule has 3 nitrogen and oxygen atoms in total. The Labute approximate surface area is 100 Å². The number of nitrogens with zero attached hydrogens (tertiary/aromatic N) is 1. The van der Waals surface area contributed by atoms with Gasteiger partial charge in [-0.25, -0.2) is 4.98 Å². The van der Waals surface area contributed by atoms with Crippen molar-refractivity contribution in [1.29, 1.82) is 0 Å². The third kappa shape index (κ3) is 1.79. The molecule has 0 amide bonds. The lowest BCUT2D eigenvalue weighted by Gasteiger charge is -2.31. The van der Waals surface area contributed by atoms with Crippen LogP contribution in [0.5, 0.6) is 0 Å². The molecule has 4 heteroatoms. The van der Waals surface area contributed by atoms with E-state index < -0.39 is 0 Å². The Kier molecular flexibility index (Phi) is 2.53. The summed E-state index contributed by atoms with van der Waals surface area (Å²) >= 11 is 1.78. The molecule has 2 unspecified atom stereocenters. The topological polar surface area (TPSA) is 48.1 Å². The summed E-state index contributed by atoms with van der Waals surface area (Å²) in [5, 5.41) is 3.45. The SMILES string of the molecule is CC1CC1c1nc(C2(N)CCOCC2)cs1. The van der Waals surface area contributed by atoms with Crippen molar-refractivity contribution in [1.82, 2.24) is 4.98 Å². The number of ether oxygens (including phenoxy) is 1. The van der Waals surface area contributed by atoms with E-state index in [2.05, 4.69) is 12.3 Å². The Bertz CT molecular complexity index is 384. The van der Waals surface area contributed by atoms with Crippen molar-refractivity contribution in [3.05, 3.63) is 16.1 Å². The zero-order valence-corrected chi connectivity index (χ0v) is 10.4. The molecule has 1 aromatic heterocycles. The summed E-state index contributed by atoms with van der Waals surface area (Å²) in [5.41, 5.74) is 7.27. The molecular weight excluding hydrogens is 220 g/mol. The smallest absolute Gasteiger partial charge is 0.0962 e. The van der Waals surface area contributed by atoms with Gasteiger partial charge in [-0.2, -0.15) is 0 Å². The predicted octanol–water partition coefficient (Wildman–Crippen LogP) is 2.23. The minimum absolute atomic E-state index is 0.231. The maximum Gasteiger partial charge on any atom is 0.0962 e. The van der Waals surface area contributed by atoms with Crippen molar-refractivity contribution in [3.8, 4) is 0 Å². The first-order valence-electron chi connectivity index (χ1n) is 6.01. The highest BCUT2D eigenvalue weighted by Crippen LogP contribution is 2.48. The molecule has 3 rings (SSSR count). The van der Waals surface area contributed by atoms with Crippen LogP contribution in [0.4, 0.5) is 0 Å². The molecule has 16 heavy (non-hydrogen) atoms. The normalized spacial score (nSPS) is 32.6. The maximum atomic E-state index is 6.41. The first-order chi connectivity index (χ1) is 7.69. The monoisotopic (exact) mass is 238 g/mol. The van der Waals surface area contributed by atoms with Gasteiger partial charge in [0, 0.05) is 24.5 Å². The van der Waals surface area contributed by atoms with Gasteiger partial charge in [-0.1, -0.05) is 6.92 Å². The van der Waals surface area contributed by atoms with Crippen LogP contribution in [0, 0.1) is 5.92 Å². The number of rotatable bonds is 2. The summed E-state index contributed by atoms with van der Waals surface area (Å²) in [6.45, 7) is 3.82. The van der Waals surface area contributed by atoms with Gasteiger partial charge in [-0.05, 0) is 25.2 Å². The van der Waals surface area contributed by atoms with Crippen molar-refractivity contribution < 1.29 is 4.74 Å². The van der Waals surface area contributed by atoms with Crippen molar-refractivity contribution in [2.75, 3.05) is 13.2 Å². The molecule has 1 saturated heterocycles. The van der Waals surface area contributed by atoms with Gasteiger partial charge in [0.05, 0.1) is 16.2 Å². The zero-order valence-electron chi connectivity index (χ0n) is 9.61. The largest absolute Gasteiger partial charge is 0.381 e. The van der Waals surface area contributed by atoms with E-state index >= 15 is 0 Å². The van der Waals surface area contributed by atoms with Gasteiger partial charge in [0.25, 0.3) is 0 Å². The Morgan fingerprint density at radius 1 is 1.50 bits per heavy atom. The minimum Gasteiger partial charge on any atom is -0.381 e. The highest BCUT2D eigenvalue weighted by Gasteiger charge is 2.38. The second-order valence-corrected chi connectivity index (χ2v) is 6.05. The molecule has 88 valence electrons. The Morgan fingerprint density at radius 3 is 2.81 bits per heavy atom. The van der Waals surface area contributed by atoms with Crippen LogP contribution >= 0.6 is 11.3 Å². The molecule has 2 aliphatic rings. The molecule has 1 aromatic rings. The second kappa shape index (κ2) is 3.79. The van der Waals surface area contributed by atoms with Crippen molar-refractivity contribution >= 4 is 11.3 Å². The van der Waals surface area contributed by atoms with Gasteiger partial charge in [-0.15, -0.1) is 11.3 Å². The van der Waals surface area contributed by atoms with Gasteiger partial charge in [0.15, 0.2) is 0 Å². The van der Waals surface area contributed by atoms with Gasteiger partial charge in [0.1, 0.15) is 0 Å². The summed E-state index contributed by atoms with van der Waals surface area (Å²) in [6.07, 6.45) is 3.10. The van der Waals surface area contributed by atoms with E-state index in [4.69, 9.17) is 15.5 Å². The van der Waals surface area contributed by atoms with Crippen LogP contribution in [0.1, 0.15) is 42.8 Å². The Hall–Kier alpha value is -0.450. The second-order valence-electron chi connectivity index (χ2n) is 5.16. The van der Waals surface area contributed by atoms with E-state index in [1.54, 1.807) is 11.3 Å². The lowest BCUT2D eigenvalue weighted by molar-refractivity contribution is 0.0509.